The van der Waals surface area contributed by atoms with Gasteiger partial charge in [0.25, 0.3) is 0 Å². The summed E-state index contributed by atoms with van der Waals surface area (Å²) < 4.78 is 17.7. The number of nitrogens with one attached hydrogen (secondary N) is 1. The summed E-state index contributed by atoms with van der Waals surface area (Å²) in [5.41, 5.74) is 2.44. The minimum Gasteiger partial charge on any atom is -0.447 e. The van der Waals surface area contributed by atoms with Crippen molar-refractivity contribution in [2.75, 3.05) is 23.4 Å². The van der Waals surface area contributed by atoms with Crippen molar-refractivity contribution >= 4 is 23.4 Å². The molecule has 1 aliphatic heterocycles. The summed E-state index contributed by atoms with van der Waals surface area (Å²) in [7, 11) is 0. The number of carbonyl (C=O) groups is 2. The maximum absolute atomic E-state index is 12.8. The van der Waals surface area contributed by atoms with Gasteiger partial charge in [-0.15, -0.1) is 0 Å². The van der Waals surface area contributed by atoms with E-state index in [1.54, 1.807) is 41.3 Å². The molecule has 1 saturated heterocycles. The number of amides is 2. The van der Waals surface area contributed by atoms with Gasteiger partial charge >= 0.3 is 6.09 Å². The van der Waals surface area contributed by atoms with Crippen LogP contribution in [0.2, 0.25) is 0 Å². The molecule has 0 bridgehead atoms. The molecule has 0 aliphatic carbocycles. The third-order valence-electron chi connectivity index (χ3n) is 4.01. The Labute approximate surface area is 145 Å². The maximum Gasteiger partial charge on any atom is 0.414 e. The Kier molecular flexibility index (Phi) is 5.28. The Morgan fingerprint density at radius 1 is 1.12 bits per heavy atom. The average Bonchev–Trinajstić information content (AvgIpc) is 3.03. The van der Waals surface area contributed by atoms with E-state index in [0.29, 0.717) is 31.7 Å². The van der Waals surface area contributed by atoms with Crippen LogP contribution in [0.5, 0.6) is 0 Å². The van der Waals surface area contributed by atoms with Gasteiger partial charge in [0.15, 0.2) is 0 Å². The molecule has 2 aromatic rings. The molecular formula is C19H19FN2O3. The number of anilines is 2. The van der Waals surface area contributed by atoms with Gasteiger partial charge in [-0.05, 0) is 54.8 Å². The molecule has 0 radical (unpaired) electrons. The van der Waals surface area contributed by atoms with Crippen LogP contribution in [-0.2, 0) is 16.0 Å². The van der Waals surface area contributed by atoms with Gasteiger partial charge in [0.2, 0.25) is 5.91 Å². The molecule has 1 heterocycles. The quantitative estimate of drug-likeness (QED) is 0.870. The summed E-state index contributed by atoms with van der Waals surface area (Å²) in [6.45, 7) is 0.930. The first-order valence-corrected chi connectivity index (χ1v) is 8.20. The number of rotatable bonds is 6. The van der Waals surface area contributed by atoms with E-state index < -0.39 is 0 Å². The molecule has 1 N–H and O–H groups in total. The van der Waals surface area contributed by atoms with Crippen LogP contribution in [0.15, 0.2) is 48.5 Å². The molecule has 2 aromatic carbocycles. The summed E-state index contributed by atoms with van der Waals surface area (Å²) >= 11 is 0. The number of carbonyl (C=O) groups excluding carboxylic acids is 2. The second kappa shape index (κ2) is 7.79. The Balaban J connectivity index is 1.46. The molecule has 5 nitrogen and oxygen atoms in total. The van der Waals surface area contributed by atoms with Crippen LogP contribution in [0.3, 0.4) is 0 Å². The monoisotopic (exact) mass is 342 g/mol. The normalized spacial score (nSPS) is 13.6. The summed E-state index contributed by atoms with van der Waals surface area (Å²) in [5, 5.41) is 2.83. The molecule has 25 heavy (non-hydrogen) atoms. The van der Waals surface area contributed by atoms with Crippen LogP contribution in [0.4, 0.5) is 20.6 Å². The zero-order valence-corrected chi connectivity index (χ0v) is 13.7. The second-order valence-electron chi connectivity index (χ2n) is 5.84. The lowest BCUT2D eigenvalue weighted by atomic mass is 10.1. The molecule has 130 valence electrons. The molecule has 0 aromatic heterocycles. The third kappa shape index (κ3) is 4.56. The summed E-state index contributed by atoms with van der Waals surface area (Å²) in [6.07, 6.45) is 1.45. The fourth-order valence-electron chi connectivity index (χ4n) is 2.68. The minimum atomic E-state index is -0.349. The Hall–Kier alpha value is -2.89. The minimum absolute atomic E-state index is 0.0737. The van der Waals surface area contributed by atoms with Gasteiger partial charge in [-0.1, -0.05) is 12.1 Å². The molecule has 0 atom stereocenters. The number of nitrogens with zero attached hydrogens (tertiary/aromatic N) is 1. The highest BCUT2D eigenvalue weighted by molar-refractivity contribution is 5.92. The molecule has 2 amide bonds. The van der Waals surface area contributed by atoms with Gasteiger partial charge in [0.1, 0.15) is 12.4 Å². The largest absolute Gasteiger partial charge is 0.447 e. The van der Waals surface area contributed by atoms with Crippen LogP contribution in [0, 0.1) is 5.82 Å². The van der Waals surface area contributed by atoms with E-state index >= 15 is 0 Å². The van der Waals surface area contributed by atoms with Crippen molar-refractivity contribution in [1.82, 2.24) is 0 Å². The highest BCUT2D eigenvalue weighted by Gasteiger charge is 2.23. The highest BCUT2D eigenvalue weighted by Crippen LogP contribution is 2.21. The number of hydrogen-bond donors (Lipinski definition) is 1. The summed E-state index contributed by atoms with van der Waals surface area (Å²) in [5.74, 6) is -0.331. The van der Waals surface area contributed by atoms with Crippen molar-refractivity contribution < 1.29 is 18.7 Å². The number of ether oxygens (including phenoxy) is 1. The van der Waals surface area contributed by atoms with E-state index in [1.807, 2.05) is 0 Å². The number of cyclic esters (lactones) is 1. The number of aryl methyl sites for hydroxylation is 1. The molecule has 6 heteroatoms. The maximum atomic E-state index is 12.8. The average molecular weight is 342 g/mol. The van der Waals surface area contributed by atoms with Crippen molar-refractivity contribution in [3.63, 3.8) is 0 Å². The van der Waals surface area contributed by atoms with E-state index in [-0.39, 0.29) is 17.8 Å². The van der Waals surface area contributed by atoms with Crippen LogP contribution < -0.4 is 10.2 Å². The fraction of sp³-hybridized carbons (Fsp3) is 0.263. The molecule has 1 fully saturated rings. The number of hydrogen-bond acceptors (Lipinski definition) is 3. The fourth-order valence-corrected chi connectivity index (χ4v) is 2.68. The third-order valence-corrected chi connectivity index (χ3v) is 4.01. The number of halogens is 1. The SMILES string of the molecule is O=C(CCCc1ccc(F)cc1)Nc1ccc(N2CCOC2=O)cc1. The van der Waals surface area contributed by atoms with E-state index in [2.05, 4.69) is 5.32 Å². The molecule has 0 unspecified atom stereocenters. The van der Waals surface area contributed by atoms with Crippen LogP contribution >= 0.6 is 0 Å². The van der Waals surface area contributed by atoms with Gasteiger partial charge in [-0.3, -0.25) is 9.69 Å². The van der Waals surface area contributed by atoms with Crippen molar-refractivity contribution in [3.8, 4) is 0 Å². The van der Waals surface area contributed by atoms with Crippen LogP contribution in [0.25, 0.3) is 0 Å². The van der Waals surface area contributed by atoms with E-state index in [1.165, 1.54) is 12.1 Å². The van der Waals surface area contributed by atoms with Gasteiger partial charge < -0.3 is 10.1 Å². The lowest BCUT2D eigenvalue weighted by Crippen LogP contribution is -2.23. The van der Waals surface area contributed by atoms with Gasteiger partial charge in [-0.25, -0.2) is 9.18 Å². The highest BCUT2D eigenvalue weighted by atomic mass is 19.1. The molecule has 3 rings (SSSR count). The van der Waals surface area contributed by atoms with Crippen molar-refractivity contribution in [1.29, 1.82) is 0 Å². The van der Waals surface area contributed by atoms with Crippen molar-refractivity contribution in [2.45, 2.75) is 19.3 Å². The summed E-state index contributed by atoms with van der Waals surface area (Å²) in [4.78, 5) is 25.0. The zero-order chi connectivity index (χ0) is 17.6. The van der Waals surface area contributed by atoms with Crippen LogP contribution in [0.1, 0.15) is 18.4 Å². The van der Waals surface area contributed by atoms with E-state index in [9.17, 15) is 14.0 Å². The predicted molar refractivity (Wildman–Crippen MR) is 93.1 cm³/mol. The Morgan fingerprint density at radius 3 is 2.48 bits per heavy atom. The van der Waals surface area contributed by atoms with E-state index in [0.717, 1.165) is 17.7 Å². The molecule has 1 aliphatic rings. The lowest BCUT2D eigenvalue weighted by Gasteiger charge is -2.13. The molecular weight excluding hydrogens is 323 g/mol. The van der Waals surface area contributed by atoms with E-state index in [4.69, 9.17) is 4.74 Å². The van der Waals surface area contributed by atoms with Crippen LogP contribution in [-0.4, -0.2) is 25.2 Å². The Bertz CT molecular complexity index is 744. The second-order valence-corrected chi connectivity index (χ2v) is 5.84. The first kappa shape index (κ1) is 17.0. The standard InChI is InChI=1S/C19H19FN2O3/c20-15-6-4-14(5-7-15)2-1-3-18(23)21-16-8-10-17(11-9-16)22-12-13-25-19(22)24/h4-11H,1-3,12-13H2,(H,21,23). The topological polar surface area (TPSA) is 58.6 Å². The Morgan fingerprint density at radius 2 is 1.84 bits per heavy atom. The first-order valence-electron chi connectivity index (χ1n) is 8.20. The molecule has 0 saturated carbocycles. The van der Waals surface area contributed by atoms with Gasteiger partial charge in [-0.2, -0.15) is 0 Å². The lowest BCUT2D eigenvalue weighted by molar-refractivity contribution is -0.116. The smallest absolute Gasteiger partial charge is 0.414 e. The first-order chi connectivity index (χ1) is 12.1. The molecule has 0 spiro atoms. The predicted octanol–water partition coefficient (Wildman–Crippen LogP) is 3.74. The van der Waals surface area contributed by atoms with Crippen molar-refractivity contribution in [2.24, 2.45) is 0 Å². The van der Waals surface area contributed by atoms with Crippen molar-refractivity contribution in [3.05, 3.63) is 59.9 Å². The zero-order valence-electron chi connectivity index (χ0n) is 13.7. The number of benzene rings is 2. The van der Waals surface area contributed by atoms with Gasteiger partial charge in [0.05, 0.1) is 6.54 Å². The van der Waals surface area contributed by atoms with Gasteiger partial charge in [0, 0.05) is 17.8 Å². The summed E-state index contributed by atoms with van der Waals surface area (Å²) in [6, 6.07) is 13.4.